The van der Waals surface area contributed by atoms with E-state index >= 15 is 0 Å². The summed E-state index contributed by atoms with van der Waals surface area (Å²) in [6, 6.07) is 0.553. The Kier molecular flexibility index (Phi) is 5.87. The van der Waals surface area contributed by atoms with Crippen LogP contribution < -0.4 is 5.32 Å². The molecule has 10 nitrogen and oxygen atoms in total. The quantitative estimate of drug-likeness (QED) is 0.656. The van der Waals surface area contributed by atoms with E-state index in [1.807, 2.05) is 0 Å². The van der Waals surface area contributed by atoms with Gasteiger partial charge in [-0.3, -0.25) is 9.59 Å². The maximum absolute atomic E-state index is 14.0. The highest BCUT2D eigenvalue weighted by molar-refractivity contribution is 5.93. The van der Waals surface area contributed by atoms with Gasteiger partial charge in [-0.2, -0.15) is 0 Å². The largest absolute Gasteiger partial charge is 0.383 e. The molecule has 150 valence electrons. The molecule has 2 aromatic rings. The first-order valence-electron chi connectivity index (χ1n) is 8.52. The van der Waals surface area contributed by atoms with Gasteiger partial charge in [-0.1, -0.05) is 5.21 Å². The molecule has 0 aliphatic carbocycles. The average Bonchev–Trinajstić information content (AvgIpc) is 3.26. The van der Waals surface area contributed by atoms with Gasteiger partial charge in [0.25, 0.3) is 17.7 Å². The summed E-state index contributed by atoms with van der Waals surface area (Å²) < 4.78 is 34.1. The van der Waals surface area contributed by atoms with Gasteiger partial charge in [0.1, 0.15) is 12.0 Å². The number of ether oxygens (including phenoxy) is 1. The van der Waals surface area contributed by atoms with Crippen molar-refractivity contribution < 1.29 is 23.1 Å². The molecule has 28 heavy (non-hydrogen) atoms. The highest BCUT2D eigenvalue weighted by Gasteiger charge is 2.47. The number of rotatable bonds is 7. The molecule has 0 saturated carbocycles. The zero-order valence-electron chi connectivity index (χ0n) is 15.1. The summed E-state index contributed by atoms with van der Waals surface area (Å²) in [5.41, 5.74) is 0.0871. The van der Waals surface area contributed by atoms with Crippen molar-refractivity contribution in [1.29, 1.82) is 0 Å². The Balaban J connectivity index is 1.69. The van der Waals surface area contributed by atoms with E-state index in [2.05, 4.69) is 25.6 Å². The number of alkyl halides is 2. The minimum absolute atomic E-state index is 0.0231. The summed E-state index contributed by atoms with van der Waals surface area (Å²) in [5.74, 6) is -4.08. The minimum Gasteiger partial charge on any atom is -0.383 e. The van der Waals surface area contributed by atoms with Gasteiger partial charge in [0.2, 0.25) is 0 Å². The van der Waals surface area contributed by atoms with Gasteiger partial charge in [0.15, 0.2) is 5.69 Å². The van der Waals surface area contributed by atoms with Crippen LogP contribution in [0, 0.1) is 0 Å². The van der Waals surface area contributed by atoms with E-state index in [0.29, 0.717) is 13.2 Å². The second-order valence-electron chi connectivity index (χ2n) is 6.32. The predicted octanol–water partition coefficient (Wildman–Crippen LogP) is -0.00570. The third kappa shape index (κ3) is 4.63. The lowest BCUT2D eigenvalue weighted by Crippen LogP contribution is -2.39. The molecule has 12 heteroatoms. The highest BCUT2D eigenvalue weighted by atomic mass is 19.3. The van der Waals surface area contributed by atoms with E-state index in [-0.39, 0.29) is 17.9 Å². The summed E-state index contributed by atoms with van der Waals surface area (Å²) in [4.78, 5) is 33.1. The zero-order valence-corrected chi connectivity index (χ0v) is 15.1. The number of hydrogen-bond donors (Lipinski definition) is 1. The lowest BCUT2D eigenvalue weighted by atomic mass is 10.2. The fourth-order valence-corrected chi connectivity index (χ4v) is 2.93. The first-order chi connectivity index (χ1) is 13.4. The van der Waals surface area contributed by atoms with Gasteiger partial charge >= 0.3 is 0 Å². The number of nitrogens with one attached hydrogen (secondary N) is 1. The molecular weight excluding hydrogens is 376 g/mol. The second kappa shape index (κ2) is 8.33. The monoisotopic (exact) mass is 395 g/mol. The average molecular weight is 395 g/mol. The Bertz CT molecular complexity index is 831. The maximum atomic E-state index is 14.0. The van der Waals surface area contributed by atoms with E-state index in [1.165, 1.54) is 36.6 Å². The van der Waals surface area contributed by atoms with Crippen molar-refractivity contribution in [2.45, 2.75) is 24.9 Å². The van der Waals surface area contributed by atoms with Gasteiger partial charge in [-0.05, 0) is 6.07 Å². The number of hydrogen-bond acceptors (Lipinski definition) is 7. The number of carbonyl (C=O) groups excluding carboxylic acids is 2. The third-order valence-corrected chi connectivity index (χ3v) is 4.20. The molecule has 0 bridgehead atoms. The van der Waals surface area contributed by atoms with Crippen LogP contribution in [0.1, 0.15) is 27.4 Å². The van der Waals surface area contributed by atoms with Gasteiger partial charge in [0, 0.05) is 26.3 Å². The van der Waals surface area contributed by atoms with Crippen molar-refractivity contribution in [1.82, 2.24) is 35.2 Å². The molecule has 2 aromatic heterocycles. The predicted molar refractivity (Wildman–Crippen MR) is 90.7 cm³/mol. The lowest BCUT2D eigenvalue weighted by Gasteiger charge is -2.23. The molecule has 3 heterocycles. The molecule has 0 unspecified atom stereocenters. The smallest absolute Gasteiger partial charge is 0.273 e. The van der Waals surface area contributed by atoms with Crippen molar-refractivity contribution in [3.8, 4) is 0 Å². The van der Waals surface area contributed by atoms with Gasteiger partial charge in [0.05, 0.1) is 31.9 Å². The summed E-state index contributed by atoms with van der Waals surface area (Å²) in [5, 5.41) is 10.1. The molecule has 1 N–H and O–H groups in total. The fraction of sp³-hybridized carbons (Fsp3) is 0.500. The number of likely N-dealkylation sites (tertiary alicyclic amines) is 1. The van der Waals surface area contributed by atoms with Crippen LogP contribution in [0.2, 0.25) is 0 Å². The molecule has 2 amide bonds. The molecule has 3 rings (SSSR count). The van der Waals surface area contributed by atoms with Crippen LogP contribution in [-0.2, 0) is 11.3 Å². The standard InChI is InChI=1S/C16H19F2N7O3/c1-28-5-4-20-14(26)13-8-24(23-22-13)7-11-6-16(17,18)9-25(11)15(27)12-2-3-19-10-21-12/h2-3,8,10-11H,4-7,9H2,1H3,(H,20,26)/t11-/m0/s1. The number of halogens is 2. The summed E-state index contributed by atoms with van der Waals surface area (Å²) >= 11 is 0. The van der Waals surface area contributed by atoms with Crippen LogP contribution in [0.3, 0.4) is 0 Å². The summed E-state index contributed by atoms with van der Waals surface area (Å²) in [6.45, 7) is -0.0836. The van der Waals surface area contributed by atoms with Crippen molar-refractivity contribution in [2.24, 2.45) is 0 Å². The lowest BCUT2D eigenvalue weighted by molar-refractivity contribution is 0.0116. The molecule has 0 aromatic carbocycles. The van der Waals surface area contributed by atoms with E-state index in [4.69, 9.17) is 4.74 Å². The third-order valence-electron chi connectivity index (χ3n) is 4.20. The molecule has 1 atom stereocenters. The fourth-order valence-electron chi connectivity index (χ4n) is 2.93. The number of aromatic nitrogens is 5. The van der Waals surface area contributed by atoms with Crippen molar-refractivity contribution in [3.63, 3.8) is 0 Å². The molecule has 1 saturated heterocycles. The minimum atomic E-state index is -3.02. The van der Waals surface area contributed by atoms with Crippen LogP contribution in [0.5, 0.6) is 0 Å². The summed E-state index contributed by atoms with van der Waals surface area (Å²) in [7, 11) is 1.51. The Labute approximate surface area is 158 Å². The Morgan fingerprint density at radius 1 is 1.39 bits per heavy atom. The van der Waals surface area contributed by atoms with Gasteiger partial charge < -0.3 is 15.0 Å². The van der Waals surface area contributed by atoms with Gasteiger partial charge in [-0.15, -0.1) is 5.10 Å². The molecule has 0 radical (unpaired) electrons. The van der Waals surface area contributed by atoms with Crippen molar-refractivity contribution in [3.05, 3.63) is 36.2 Å². The molecule has 1 aliphatic rings. The Hall–Kier alpha value is -3.02. The van der Waals surface area contributed by atoms with Crippen molar-refractivity contribution in [2.75, 3.05) is 26.8 Å². The SMILES string of the molecule is COCCNC(=O)c1cn(C[C@@H]2CC(F)(F)CN2C(=O)c2ccncn2)nn1. The highest BCUT2D eigenvalue weighted by Crippen LogP contribution is 2.33. The number of carbonyl (C=O) groups is 2. The van der Waals surface area contributed by atoms with E-state index < -0.39 is 36.7 Å². The summed E-state index contributed by atoms with van der Waals surface area (Å²) in [6.07, 6.45) is 3.39. The zero-order chi connectivity index (χ0) is 20.1. The molecule has 0 spiro atoms. The molecular formula is C16H19F2N7O3. The van der Waals surface area contributed by atoms with Crippen LogP contribution in [0.25, 0.3) is 0 Å². The van der Waals surface area contributed by atoms with E-state index in [9.17, 15) is 18.4 Å². The number of methoxy groups -OCH3 is 1. The topological polar surface area (TPSA) is 115 Å². The Morgan fingerprint density at radius 2 is 2.21 bits per heavy atom. The first kappa shape index (κ1) is 19.7. The van der Waals surface area contributed by atoms with Crippen LogP contribution in [0.15, 0.2) is 24.8 Å². The molecule has 1 fully saturated rings. The molecule has 1 aliphatic heterocycles. The second-order valence-corrected chi connectivity index (χ2v) is 6.32. The van der Waals surface area contributed by atoms with E-state index in [1.54, 1.807) is 0 Å². The van der Waals surface area contributed by atoms with Crippen LogP contribution in [0.4, 0.5) is 8.78 Å². The normalized spacial score (nSPS) is 18.2. The Morgan fingerprint density at radius 3 is 2.93 bits per heavy atom. The first-order valence-corrected chi connectivity index (χ1v) is 8.52. The van der Waals surface area contributed by atoms with Crippen LogP contribution in [-0.4, -0.2) is 80.4 Å². The maximum Gasteiger partial charge on any atom is 0.273 e. The number of amides is 2. The van der Waals surface area contributed by atoms with Gasteiger partial charge in [-0.25, -0.2) is 23.4 Å². The van der Waals surface area contributed by atoms with Crippen molar-refractivity contribution >= 4 is 11.8 Å². The van der Waals surface area contributed by atoms with E-state index in [0.717, 1.165) is 4.90 Å². The number of nitrogens with zero attached hydrogens (tertiary/aromatic N) is 6. The van der Waals surface area contributed by atoms with Crippen LogP contribution >= 0.6 is 0 Å².